The highest BCUT2D eigenvalue weighted by molar-refractivity contribution is 7.13. The summed E-state index contributed by atoms with van der Waals surface area (Å²) in [6.07, 6.45) is -2.34. The van der Waals surface area contributed by atoms with Crippen LogP contribution in [0.1, 0.15) is 65.5 Å². The van der Waals surface area contributed by atoms with Gasteiger partial charge in [-0.3, -0.25) is 0 Å². The maximum absolute atomic E-state index is 12.7. The summed E-state index contributed by atoms with van der Waals surface area (Å²) in [6.45, 7) is 7.20. The van der Waals surface area contributed by atoms with Gasteiger partial charge in [-0.1, -0.05) is 13.8 Å². The fourth-order valence-electron chi connectivity index (χ4n) is 3.70. The molecule has 2 heterocycles. The number of aromatic nitrogens is 1. The minimum atomic E-state index is -4.41. The average molecular weight is 484 g/mol. The molecule has 0 radical (unpaired) electrons. The smallest absolute Gasteiger partial charge is 0.416 e. The van der Waals surface area contributed by atoms with Gasteiger partial charge >= 0.3 is 18.2 Å². The van der Waals surface area contributed by atoms with Crippen LogP contribution in [-0.2, 0) is 17.3 Å². The molecule has 1 aromatic heterocycles. The number of carbonyl (C=O) groups excluding carboxylic acids is 2. The highest BCUT2D eigenvalue weighted by Gasteiger charge is 2.31. The molecule has 1 aliphatic rings. The van der Waals surface area contributed by atoms with E-state index >= 15 is 0 Å². The highest BCUT2D eigenvalue weighted by atomic mass is 32.1. The van der Waals surface area contributed by atoms with Crippen LogP contribution in [0.3, 0.4) is 0 Å². The molecule has 1 fully saturated rings. The van der Waals surface area contributed by atoms with Crippen LogP contribution in [0.25, 0.3) is 0 Å². The molecule has 33 heavy (non-hydrogen) atoms. The van der Waals surface area contributed by atoms with Crippen LogP contribution >= 0.6 is 11.3 Å². The molecule has 0 bridgehead atoms. The van der Waals surface area contributed by atoms with Crippen LogP contribution in [0.15, 0.2) is 24.3 Å². The molecule has 0 unspecified atom stereocenters. The maximum atomic E-state index is 12.7. The number of hydrogen-bond donors (Lipinski definition) is 1. The first-order chi connectivity index (χ1) is 15.6. The second-order valence-electron chi connectivity index (χ2n) is 8.41. The van der Waals surface area contributed by atoms with Crippen LogP contribution in [0.2, 0.25) is 0 Å². The molecule has 1 aromatic carbocycles. The quantitative estimate of drug-likeness (QED) is 0.516. The number of nitrogens with one attached hydrogen (secondary N) is 1. The lowest BCUT2D eigenvalue weighted by Gasteiger charge is -2.31. The molecule has 0 atom stereocenters. The van der Waals surface area contributed by atoms with Crippen molar-refractivity contribution in [2.24, 2.45) is 5.92 Å². The third kappa shape index (κ3) is 6.46. The van der Waals surface area contributed by atoms with Crippen LogP contribution in [-0.4, -0.2) is 41.6 Å². The zero-order valence-electron chi connectivity index (χ0n) is 18.9. The van der Waals surface area contributed by atoms with Crippen LogP contribution < -0.4 is 5.32 Å². The molecule has 0 spiro atoms. The third-order valence-electron chi connectivity index (χ3n) is 5.37. The van der Waals surface area contributed by atoms with E-state index < -0.39 is 11.7 Å². The monoisotopic (exact) mass is 483 g/mol. The molecular weight excluding hydrogens is 455 g/mol. The summed E-state index contributed by atoms with van der Waals surface area (Å²) >= 11 is 1.37. The third-order valence-corrected chi connectivity index (χ3v) is 6.61. The van der Waals surface area contributed by atoms with Crippen LogP contribution in [0, 0.1) is 5.92 Å². The second-order valence-corrected chi connectivity index (χ2v) is 9.44. The van der Waals surface area contributed by atoms with Crippen molar-refractivity contribution in [1.29, 1.82) is 0 Å². The van der Waals surface area contributed by atoms with E-state index in [9.17, 15) is 22.8 Å². The predicted molar refractivity (Wildman–Crippen MR) is 121 cm³/mol. The highest BCUT2D eigenvalue weighted by Crippen LogP contribution is 2.34. The molecular formula is C23H28F3N3O3S. The summed E-state index contributed by atoms with van der Waals surface area (Å²) in [6, 6.07) is 4.03. The van der Waals surface area contributed by atoms with E-state index in [0.29, 0.717) is 55.4 Å². The van der Waals surface area contributed by atoms with E-state index in [-0.39, 0.29) is 17.9 Å². The van der Waals surface area contributed by atoms with Crippen molar-refractivity contribution in [2.45, 2.75) is 52.1 Å². The van der Waals surface area contributed by atoms with Gasteiger partial charge in [-0.05, 0) is 56.4 Å². The number of hydrogen-bond acceptors (Lipinski definition) is 5. The summed E-state index contributed by atoms with van der Waals surface area (Å²) in [5.74, 6) is 0.147. The van der Waals surface area contributed by atoms with Crippen LogP contribution in [0.5, 0.6) is 0 Å². The summed E-state index contributed by atoms with van der Waals surface area (Å²) in [7, 11) is 0. The van der Waals surface area contributed by atoms with E-state index in [0.717, 1.165) is 22.8 Å². The zero-order valence-corrected chi connectivity index (χ0v) is 19.7. The van der Waals surface area contributed by atoms with E-state index in [2.05, 4.69) is 19.2 Å². The SMILES string of the molecule is CCOC(=O)c1sc(C2CCN(C(=O)Nc3ccc(C(F)(F)F)cc3)CC2)nc1CC(C)C. The molecule has 0 aliphatic carbocycles. The Morgan fingerprint density at radius 1 is 1.21 bits per heavy atom. The second kappa shape index (κ2) is 10.5. The average Bonchev–Trinajstić information content (AvgIpc) is 3.17. The molecule has 10 heteroatoms. The van der Waals surface area contributed by atoms with Crippen molar-refractivity contribution in [2.75, 3.05) is 25.0 Å². The molecule has 1 saturated heterocycles. The van der Waals surface area contributed by atoms with Gasteiger partial charge in [0.25, 0.3) is 0 Å². The molecule has 180 valence electrons. The summed E-state index contributed by atoms with van der Waals surface area (Å²) in [5, 5.41) is 3.54. The number of nitrogens with zero attached hydrogens (tertiary/aromatic N) is 2. The first-order valence-corrected chi connectivity index (χ1v) is 11.8. The van der Waals surface area contributed by atoms with Crippen molar-refractivity contribution >= 4 is 29.0 Å². The molecule has 2 amide bonds. The number of benzene rings is 1. The lowest BCUT2D eigenvalue weighted by Crippen LogP contribution is -2.40. The van der Waals surface area contributed by atoms with E-state index in [4.69, 9.17) is 9.72 Å². The number of anilines is 1. The number of esters is 1. The summed E-state index contributed by atoms with van der Waals surface area (Å²) in [5.41, 5.74) is 0.321. The molecule has 0 saturated carbocycles. The Morgan fingerprint density at radius 3 is 2.39 bits per heavy atom. The molecule has 6 nitrogen and oxygen atoms in total. The lowest BCUT2D eigenvalue weighted by atomic mass is 9.97. The fraction of sp³-hybridized carbons (Fsp3) is 0.522. The number of rotatable bonds is 6. The Morgan fingerprint density at radius 2 is 1.85 bits per heavy atom. The van der Waals surface area contributed by atoms with Gasteiger partial charge < -0.3 is 15.0 Å². The van der Waals surface area contributed by atoms with E-state index in [1.165, 1.54) is 23.5 Å². The van der Waals surface area contributed by atoms with Gasteiger partial charge in [0, 0.05) is 24.7 Å². The van der Waals surface area contributed by atoms with Crippen molar-refractivity contribution in [3.8, 4) is 0 Å². The first kappa shape index (κ1) is 25.0. The number of alkyl halides is 3. The van der Waals surface area contributed by atoms with Gasteiger partial charge in [0.15, 0.2) is 0 Å². The standard InChI is InChI=1S/C23H28F3N3O3S/c1-4-32-21(30)19-18(13-14(2)3)28-20(33-19)15-9-11-29(12-10-15)22(31)27-17-7-5-16(6-8-17)23(24,25)26/h5-8,14-15H,4,9-13H2,1-3H3,(H,27,31). The summed E-state index contributed by atoms with van der Waals surface area (Å²) < 4.78 is 43.3. The molecule has 3 rings (SSSR count). The van der Waals surface area contributed by atoms with Crippen molar-refractivity contribution < 1.29 is 27.5 Å². The number of carbonyl (C=O) groups is 2. The van der Waals surface area contributed by atoms with Crippen molar-refractivity contribution in [3.63, 3.8) is 0 Å². The number of halogens is 3. The van der Waals surface area contributed by atoms with Crippen molar-refractivity contribution in [3.05, 3.63) is 45.4 Å². The van der Waals surface area contributed by atoms with Gasteiger partial charge in [0.2, 0.25) is 0 Å². The Hall–Kier alpha value is -2.62. The van der Waals surface area contributed by atoms with Crippen LogP contribution in [0.4, 0.5) is 23.7 Å². The van der Waals surface area contributed by atoms with Gasteiger partial charge in [-0.2, -0.15) is 13.2 Å². The Bertz CT molecular complexity index is 966. The lowest BCUT2D eigenvalue weighted by molar-refractivity contribution is -0.137. The zero-order chi connectivity index (χ0) is 24.2. The maximum Gasteiger partial charge on any atom is 0.416 e. The molecule has 2 aromatic rings. The topological polar surface area (TPSA) is 71.5 Å². The number of ether oxygens (including phenoxy) is 1. The van der Waals surface area contributed by atoms with E-state index in [1.54, 1.807) is 11.8 Å². The Balaban J connectivity index is 1.61. The number of urea groups is 1. The normalized spacial score (nSPS) is 15.1. The van der Waals surface area contributed by atoms with Gasteiger partial charge in [-0.15, -0.1) is 11.3 Å². The molecule has 1 N–H and O–H groups in total. The largest absolute Gasteiger partial charge is 0.462 e. The predicted octanol–water partition coefficient (Wildman–Crippen LogP) is 5.95. The van der Waals surface area contributed by atoms with Gasteiger partial charge in [0.1, 0.15) is 4.88 Å². The molecule has 1 aliphatic heterocycles. The number of amides is 2. The van der Waals surface area contributed by atoms with E-state index in [1.807, 2.05) is 0 Å². The van der Waals surface area contributed by atoms with Gasteiger partial charge in [0.05, 0.1) is 22.9 Å². The number of thiazole rings is 1. The minimum absolute atomic E-state index is 0.138. The first-order valence-electron chi connectivity index (χ1n) is 11.0. The van der Waals surface area contributed by atoms with Gasteiger partial charge in [-0.25, -0.2) is 14.6 Å². The Labute approximate surface area is 195 Å². The number of likely N-dealkylation sites (tertiary alicyclic amines) is 1. The summed E-state index contributed by atoms with van der Waals surface area (Å²) in [4.78, 5) is 31.9. The van der Waals surface area contributed by atoms with Crippen molar-refractivity contribution in [1.82, 2.24) is 9.88 Å². The minimum Gasteiger partial charge on any atom is -0.462 e. The number of piperidine rings is 1. The fourth-order valence-corrected chi connectivity index (χ4v) is 4.86. The Kier molecular flexibility index (Phi) is 7.99.